The van der Waals surface area contributed by atoms with Gasteiger partial charge in [0.2, 0.25) is 5.95 Å². The molecule has 7 nitrogen and oxygen atoms in total. The molecule has 0 aliphatic carbocycles. The first kappa shape index (κ1) is 14.9. The third-order valence-corrected chi connectivity index (χ3v) is 2.95. The van der Waals surface area contributed by atoms with Crippen LogP contribution in [-0.2, 0) is 0 Å². The van der Waals surface area contributed by atoms with Crippen molar-refractivity contribution in [2.75, 3.05) is 30.0 Å². The van der Waals surface area contributed by atoms with Gasteiger partial charge in [-0.3, -0.25) is 0 Å². The van der Waals surface area contributed by atoms with Gasteiger partial charge in [-0.25, -0.2) is 4.98 Å². The van der Waals surface area contributed by atoms with Crippen molar-refractivity contribution in [1.82, 2.24) is 19.9 Å². The van der Waals surface area contributed by atoms with E-state index in [2.05, 4.69) is 25.3 Å². The number of halogens is 1. The third-order valence-electron chi connectivity index (χ3n) is 2.95. The first-order valence-electron chi connectivity index (χ1n) is 6.14. The number of H-pyrrole nitrogens is 1. The number of aromatic nitrogens is 4. The number of nitrogens with two attached hydrogens (primary N) is 1. The van der Waals surface area contributed by atoms with E-state index in [1.807, 2.05) is 43.3 Å². The van der Waals surface area contributed by atoms with Gasteiger partial charge in [-0.05, 0) is 24.3 Å². The zero-order chi connectivity index (χ0) is 14.1. The lowest BCUT2D eigenvalue weighted by molar-refractivity contribution is 1.13. The van der Waals surface area contributed by atoms with E-state index >= 15 is 0 Å². The van der Waals surface area contributed by atoms with Crippen LogP contribution in [0.5, 0.6) is 0 Å². The third kappa shape index (κ3) is 2.97. The fraction of sp³-hybridized carbons (Fsp3) is 0.154. The molecular formula is C13H16ClN7. The first-order chi connectivity index (χ1) is 9.63. The molecule has 2 heterocycles. The van der Waals surface area contributed by atoms with E-state index in [1.54, 1.807) is 6.33 Å². The zero-order valence-electron chi connectivity index (χ0n) is 11.7. The molecule has 8 heteroatoms. The maximum absolute atomic E-state index is 5.68. The van der Waals surface area contributed by atoms with Gasteiger partial charge in [-0.2, -0.15) is 9.97 Å². The molecule has 0 aliphatic rings. The van der Waals surface area contributed by atoms with E-state index in [0.717, 1.165) is 16.9 Å². The van der Waals surface area contributed by atoms with Gasteiger partial charge >= 0.3 is 0 Å². The Morgan fingerprint density at radius 1 is 1.14 bits per heavy atom. The summed E-state index contributed by atoms with van der Waals surface area (Å²) in [6.07, 6.45) is 1.57. The maximum atomic E-state index is 5.68. The SMILES string of the molecule is CN(C)c1ccc(Nc2nc(N)nc3nc[nH]c23)cc1.Cl. The second-order valence-corrected chi connectivity index (χ2v) is 4.60. The van der Waals surface area contributed by atoms with E-state index in [0.29, 0.717) is 11.5 Å². The number of hydrogen-bond donors (Lipinski definition) is 3. The van der Waals surface area contributed by atoms with Crippen LogP contribution in [0.3, 0.4) is 0 Å². The number of aromatic amines is 1. The fourth-order valence-corrected chi connectivity index (χ4v) is 1.92. The number of rotatable bonds is 3. The van der Waals surface area contributed by atoms with Crippen LogP contribution in [0, 0.1) is 0 Å². The van der Waals surface area contributed by atoms with Crippen LogP contribution < -0.4 is 16.0 Å². The van der Waals surface area contributed by atoms with Crippen molar-refractivity contribution < 1.29 is 0 Å². The number of benzene rings is 1. The Kier molecular flexibility index (Phi) is 4.13. The Hall–Kier alpha value is -2.54. The van der Waals surface area contributed by atoms with Crippen LogP contribution in [0.25, 0.3) is 11.2 Å². The van der Waals surface area contributed by atoms with Gasteiger partial charge in [0.25, 0.3) is 0 Å². The molecule has 0 spiro atoms. The summed E-state index contributed by atoms with van der Waals surface area (Å²) in [5.41, 5.74) is 9.01. The normalized spacial score (nSPS) is 10.2. The summed E-state index contributed by atoms with van der Waals surface area (Å²) in [5, 5.41) is 3.22. The van der Waals surface area contributed by atoms with E-state index in [1.165, 1.54) is 0 Å². The number of nitrogens with one attached hydrogen (secondary N) is 2. The van der Waals surface area contributed by atoms with Crippen LogP contribution in [0.4, 0.5) is 23.1 Å². The number of fused-ring (bicyclic) bond motifs is 1. The van der Waals surface area contributed by atoms with Crippen LogP contribution in [0.2, 0.25) is 0 Å². The van der Waals surface area contributed by atoms with Crippen molar-refractivity contribution in [3.63, 3.8) is 0 Å². The first-order valence-corrected chi connectivity index (χ1v) is 6.14. The zero-order valence-corrected chi connectivity index (χ0v) is 12.5. The van der Waals surface area contributed by atoms with Crippen molar-refractivity contribution in [3.05, 3.63) is 30.6 Å². The van der Waals surface area contributed by atoms with Crippen molar-refractivity contribution in [3.8, 4) is 0 Å². The molecule has 0 atom stereocenters. The Bertz CT molecular complexity index is 736. The Balaban J connectivity index is 0.00000161. The minimum absolute atomic E-state index is 0. The van der Waals surface area contributed by atoms with E-state index in [-0.39, 0.29) is 18.4 Å². The molecule has 0 radical (unpaired) electrons. The van der Waals surface area contributed by atoms with E-state index in [9.17, 15) is 0 Å². The van der Waals surface area contributed by atoms with Crippen LogP contribution in [-0.4, -0.2) is 34.0 Å². The lowest BCUT2D eigenvalue weighted by atomic mass is 10.2. The van der Waals surface area contributed by atoms with Crippen LogP contribution in [0.1, 0.15) is 0 Å². The molecule has 2 aromatic heterocycles. The summed E-state index contributed by atoms with van der Waals surface area (Å²) in [5.74, 6) is 0.805. The smallest absolute Gasteiger partial charge is 0.224 e. The predicted octanol–water partition coefficient (Wildman–Crippen LogP) is 2.17. The number of nitrogens with zero attached hydrogens (tertiary/aromatic N) is 4. The fourth-order valence-electron chi connectivity index (χ4n) is 1.92. The molecular weight excluding hydrogens is 290 g/mol. The lowest BCUT2D eigenvalue weighted by Crippen LogP contribution is -2.08. The van der Waals surface area contributed by atoms with Gasteiger partial charge < -0.3 is 20.9 Å². The van der Waals surface area contributed by atoms with E-state index in [4.69, 9.17) is 5.73 Å². The monoisotopic (exact) mass is 305 g/mol. The van der Waals surface area contributed by atoms with Gasteiger partial charge in [0.05, 0.1) is 6.33 Å². The Morgan fingerprint density at radius 2 is 1.86 bits per heavy atom. The average molecular weight is 306 g/mol. The second-order valence-electron chi connectivity index (χ2n) is 4.60. The summed E-state index contributed by atoms with van der Waals surface area (Å²) >= 11 is 0. The van der Waals surface area contributed by atoms with E-state index < -0.39 is 0 Å². The summed E-state index contributed by atoms with van der Waals surface area (Å²) < 4.78 is 0. The topological polar surface area (TPSA) is 95.8 Å². The van der Waals surface area contributed by atoms with Gasteiger partial charge in [-0.1, -0.05) is 0 Å². The molecule has 3 rings (SSSR count). The summed E-state index contributed by atoms with van der Waals surface area (Å²) in [7, 11) is 4.00. The minimum Gasteiger partial charge on any atom is -0.378 e. The van der Waals surface area contributed by atoms with Crippen molar-refractivity contribution in [2.24, 2.45) is 0 Å². The van der Waals surface area contributed by atoms with Crippen LogP contribution >= 0.6 is 12.4 Å². The number of hydrogen-bond acceptors (Lipinski definition) is 6. The highest BCUT2D eigenvalue weighted by Gasteiger charge is 2.08. The lowest BCUT2D eigenvalue weighted by Gasteiger charge is -2.13. The molecule has 0 saturated heterocycles. The number of anilines is 4. The summed E-state index contributed by atoms with van der Waals surface area (Å²) in [6, 6.07) is 8.01. The number of nitrogen functional groups attached to an aromatic ring is 1. The molecule has 110 valence electrons. The number of imidazole rings is 1. The van der Waals surface area contributed by atoms with Gasteiger partial charge in [0, 0.05) is 25.5 Å². The Morgan fingerprint density at radius 3 is 2.52 bits per heavy atom. The molecule has 0 aliphatic heterocycles. The molecule has 0 unspecified atom stereocenters. The molecule has 0 fully saturated rings. The van der Waals surface area contributed by atoms with Crippen molar-refractivity contribution in [1.29, 1.82) is 0 Å². The maximum Gasteiger partial charge on any atom is 0.224 e. The van der Waals surface area contributed by atoms with Gasteiger partial charge in [0.15, 0.2) is 11.5 Å². The highest BCUT2D eigenvalue weighted by Crippen LogP contribution is 2.23. The molecule has 0 amide bonds. The van der Waals surface area contributed by atoms with Crippen LogP contribution in [0.15, 0.2) is 30.6 Å². The highest BCUT2D eigenvalue weighted by molar-refractivity contribution is 5.86. The molecule has 4 N–H and O–H groups in total. The standard InChI is InChI=1S/C13H15N7.ClH/c1-20(2)9-5-3-8(4-6-9)17-12-10-11(16-7-15-10)18-13(14)19-12;/h3-7H,1-2H3,(H4,14,15,16,17,18,19);1H. The van der Waals surface area contributed by atoms with Crippen molar-refractivity contribution in [2.45, 2.75) is 0 Å². The Labute approximate surface area is 128 Å². The predicted molar refractivity (Wildman–Crippen MR) is 87.4 cm³/mol. The average Bonchev–Trinajstić information content (AvgIpc) is 2.87. The van der Waals surface area contributed by atoms with Gasteiger partial charge in [-0.15, -0.1) is 12.4 Å². The molecule has 3 aromatic rings. The minimum atomic E-state index is 0. The molecule has 21 heavy (non-hydrogen) atoms. The highest BCUT2D eigenvalue weighted by atomic mass is 35.5. The summed E-state index contributed by atoms with van der Waals surface area (Å²) in [6.45, 7) is 0. The molecule has 0 saturated carbocycles. The molecule has 0 bridgehead atoms. The summed E-state index contributed by atoms with van der Waals surface area (Å²) in [4.78, 5) is 17.4. The largest absolute Gasteiger partial charge is 0.378 e. The second kappa shape index (κ2) is 5.84. The van der Waals surface area contributed by atoms with Gasteiger partial charge in [0.1, 0.15) is 5.52 Å². The van der Waals surface area contributed by atoms with Crippen molar-refractivity contribution >= 4 is 46.7 Å². The quantitative estimate of drug-likeness (QED) is 0.686. The molecule has 1 aromatic carbocycles.